The van der Waals surface area contributed by atoms with Crippen molar-refractivity contribution in [3.8, 4) is 0 Å². The predicted octanol–water partition coefficient (Wildman–Crippen LogP) is 3.35. The summed E-state index contributed by atoms with van der Waals surface area (Å²) in [5.41, 5.74) is -1.24. The van der Waals surface area contributed by atoms with Gasteiger partial charge < -0.3 is 10.2 Å². The minimum atomic E-state index is -4.55. The summed E-state index contributed by atoms with van der Waals surface area (Å²) < 4.78 is 38.8. The van der Waals surface area contributed by atoms with Crippen LogP contribution in [0.4, 0.5) is 24.7 Å². The van der Waals surface area contributed by atoms with Crippen LogP contribution in [-0.4, -0.2) is 29.0 Å². The molecule has 0 radical (unpaired) electrons. The van der Waals surface area contributed by atoms with Crippen molar-refractivity contribution in [2.24, 2.45) is 0 Å². The van der Waals surface area contributed by atoms with Gasteiger partial charge in [-0.1, -0.05) is 12.1 Å². The summed E-state index contributed by atoms with van der Waals surface area (Å²) in [6.45, 7) is 1.78. The predicted molar refractivity (Wildman–Crippen MR) is 82.9 cm³/mol. The van der Waals surface area contributed by atoms with E-state index in [0.29, 0.717) is 5.82 Å². The molecule has 1 amide bonds. The third kappa shape index (κ3) is 3.47. The molecule has 2 aromatic rings. The molecule has 0 unspecified atom stereocenters. The fourth-order valence-corrected chi connectivity index (χ4v) is 2.57. The van der Waals surface area contributed by atoms with Gasteiger partial charge in [0.25, 0.3) is 5.91 Å². The molecule has 5 nitrogen and oxygen atoms in total. The number of alkyl halides is 3. The summed E-state index contributed by atoms with van der Waals surface area (Å²) in [6.07, 6.45) is 0.362. The van der Waals surface area contributed by atoms with Gasteiger partial charge in [0.05, 0.1) is 23.6 Å². The number of hydrogen-bond donors (Lipinski definition) is 1. The van der Waals surface area contributed by atoms with E-state index in [0.717, 1.165) is 32.0 Å². The molecule has 2 heterocycles. The van der Waals surface area contributed by atoms with Gasteiger partial charge in [-0.25, -0.2) is 9.97 Å². The van der Waals surface area contributed by atoms with Crippen LogP contribution in [0.2, 0.25) is 0 Å². The fourth-order valence-electron chi connectivity index (χ4n) is 2.57. The van der Waals surface area contributed by atoms with Crippen molar-refractivity contribution < 1.29 is 18.0 Å². The molecule has 1 fully saturated rings. The second-order valence-corrected chi connectivity index (χ2v) is 5.45. The number of aromatic nitrogens is 2. The summed E-state index contributed by atoms with van der Waals surface area (Å²) in [5, 5.41) is 2.25. The summed E-state index contributed by atoms with van der Waals surface area (Å²) in [7, 11) is 0. The van der Waals surface area contributed by atoms with Crippen LogP contribution in [0.25, 0.3) is 0 Å². The lowest BCUT2D eigenvalue weighted by Gasteiger charge is -2.16. The molecule has 3 rings (SSSR count). The Morgan fingerprint density at radius 3 is 2.42 bits per heavy atom. The Hall–Kier alpha value is -2.64. The molecule has 1 saturated heterocycles. The van der Waals surface area contributed by atoms with Crippen LogP contribution < -0.4 is 10.2 Å². The van der Waals surface area contributed by atoms with Gasteiger partial charge in [0.2, 0.25) is 0 Å². The maximum atomic E-state index is 12.9. The van der Waals surface area contributed by atoms with E-state index in [4.69, 9.17) is 0 Å². The third-order valence-electron chi connectivity index (χ3n) is 3.78. The summed E-state index contributed by atoms with van der Waals surface area (Å²) in [5.74, 6) is -0.0630. The number of halogens is 3. The van der Waals surface area contributed by atoms with Crippen molar-refractivity contribution in [2.75, 3.05) is 23.3 Å². The van der Waals surface area contributed by atoms with E-state index in [2.05, 4.69) is 15.3 Å². The highest BCUT2D eigenvalue weighted by atomic mass is 19.4. The molecule has 24 heavy (non-hydrogen) atoms. The summed E-state index contributed by atoms with van der Waals surface area (Å²) in [6, 6.07) is 4.81. The Balaban J connectivity index is 1.76. The van der Waals surface area contributed by atoms with Crippen molar-refractivity contribution in [1.82, 2.24) is 9.97 Å². The summed E-state index contributed by atoms with van der Waals surface area (Å²) >= 11 is 0. The van der Waals surface area contributed by atoms with Crippen LogP contribution >= 0.6 is 0 Å². The molecule has 1 aliphatic heterocycles. The highest BCUT2D eigenvalue weighted by Crippen LogP contribution is 2.34. The molecule has 8 heteroatoms. The largest absolute Gasteiger partial charge is 0.418 e. The van der Waals surface area contributed by atoms with E-state index >= 15 is 0 Å². The zero-order valence-electron chi connectivity index (χ0n) is 12.7. The van der Waals surface area contributed by atoms with Crippen LogP contribution in [0.1, 0.15) is 28.9 Å². The Morgan fingerprint density at radius 1 is 1.08 bits per heavy atom. The SMILES string of the molecule is O=C(Nc1ccccc1C(F)(F)F)c1cnc(N2CCCC2)cn1. The lowest BCUT2D eigenvalue weighted by atomic mass is 10.1. The molecular formula is C16H15F3N4O. The van der Waals surface area contributed by atoms with Gasteiger partial charge in [0.1, 0.15) is 11.5 Å². The third-order valence-corrected chi connectivity index (χ3v) is 3.78. The Kier molecular flexibility index (Phi) is 4.37. The average Bonchev–Trinajstić information content (AvgIpc) is 3.09. The van der Waals surface area contributed by atoms with Gasteiger partial charge in [-0.15, -0.1) is 0 Å². The van der Waals surface area contributed by atoms with Crippen molar-refractivity contribution in [1.29, 1.82) is 0 Å². The number of carbonyl (C=O) groups is 1. The van der Waals surface area contributed by atoms with Crippen molar-refractivity contribution in [3.63, 3.8) is 0 Å². The van der Waals surface area contributed by atoms with E-state index in [1.165, 1.54) is 30.6 Å². The smallest absolute Gasteiger partial charge is 0.355 e. The van der Waals surface area contributed by atoms with Crippen molar-refractivity contribution >= 4 is 17.4 Å². The number of anilines is 2. The molecule has 1 aliphatic rings. The van der Waals surface area contributed by atoms with Crippen LogP contribution in [0.5, 0.6) is 0 Å². The van der Waals surface area contributed by atoms with Gasteiger partial charge >= 0.3 is 6.18 Å². The maximum Gasteiger partial charge on any atom is 0.418 e. The number of amides is 1. The van der Waals surface area contributed by atoms with E-state index < -0.39 is 17.6 Å². The molecule has 1 aromatic carbocycles. The quantitative estimate of drug-likeness (QED) is 0.934. The molecule has 0 atom stereocenters. The normalized spacial score (nSPS) is 14.7. The Morgan fingerprint density at radius 2 is 1.79 bits per heavy atom. The highest BCUT2D eigenvalue weighted by molar-refractivity contribution is 6.03. The van der Waals surface area contributed by atoms with E-state index in [1.54, 1.807) is 0 Å². The number of carbonyl (C=O) groups excluding carboxylic acids is 1. The maximum absolute atomic E-state index is 12.9. The lowest BCUT2D eigenvalue weighted by Crippen LogP contribution is -2.21. The van der Waals surface area contributed by atoms with Crippen LogP contribution in [0.3, 0.4) is 0 Å². The molecule has 126 valence electrons. The second kappa shape index (κ2) is 6.46. The zero-order valence-corrected chi connectivity index (χ0v) is 12.7. The molecule has 1 aromatic heterocycles. The zero-order chi connectivity index (χ0) is 17.2. The highest BCUT2D eigenvalue weighted by Gasteiger charge is 2.33. The van der Waals surface area contributed by atoms with Gasteiger partial charge in [-0.2, -0.15) is 13.2 Å². The van der Waals surface area contributed by atoms with Gasteiger partial charge in [-0.05, 0) is 25.0 Å². The lowest BCUT2D eigenvalue weighted by molar-refractivity contribution is -0.136. The monoisotopic (exact) mass is 336 g/mol. The number of rotatable bonds is 3. The fraction of sp³-hybridized carbons (Fsp3) is 0.312. The first-order valence-electron chi connectivity index (χ1n) is 7.50. The van der Waals surface area contributed by atoms with Crippen molar-refractivity contribution in [3.05, 3.63) is 47.9 Å². The van der Waals surface area contributed by atoms with Crippen LogP contribution in [0.15, 0.2) is 36.7 Å². The summed E-state index contributed by atoms with van der Waals surface area (Å²) in [4.78, 5) is 22.4. The minimum Gasteiger partial charge on any atom is -0.355 e. The number of nitrogens with one attached hydrogen (secondary N) is 1. The van der Waals surface area contributed by atoms with E-state index in [9.17, 15) is 18.0 Å². The Bertz CT molecular complexity index is 725. The first-order chi connectivity index (χ1) is 11.4. The molecule has 0 spiro atoms. The topological polar surface area (TPSA) is 58.1 Å². The van der Waals surface area contributed by atoms with Gasteiger partial charge in [-0.3, -0.25) is 4.79 Å². The average molecular weight is 336 g/mol. The van der Waals surface area contributed by atoms with Crippen molar-refractivity contribution in [2.45, 2.75) is 19.0 Å². The first-order valence-corrected chi connectivity index (χ1v) is 7.50. The molecule has 0 aliphatic carbocycles. The molecule has 0 bridgehead atoms. The number of hydrogen-bond acceptors (Lipinski definition) is 4. The number of para-hydroxylation sites is 1. The first kappa shape index (κ1) is 16.2. The second-order valence-electron chi connectivity index (χ2n) is 5.45. The van der Waals surface area contributed by atoms with E-state index in [-0.39, 0.29) is 11.4 Å². The minimum absolute atomic E-state index is 0.0325. The number of nitrogens with zero attached hydrogens (tertiary/aromatic N) is 3. The Labute approximate surface area is 136 Å². The molecule has 0 saturated carbocycles. The molecule has 1 N–H and O–H groups in total. The molecular weight excluding hydrogens is 321 g/mol. The van der Waals surface area contributed by atoms with Crippen LogP contribution in [-0.2, 0) is 6.18 Å². The number of benzene rings is 1. The van der Waals surface area contributed by atoms with Crippen LogP contribution in [0, 0.1) is 0 Å². The van der Waals surface area contributed by atoms with Gasteiger partial charge in [0, 0.05) is 13.1 Å². The van der Waals surface area contributed by atoms with E-state index in [1.807, 2.05) is 4.90 Å². The standard InChI is InChI=1S/C16H15F3N4O/c17-16(18,19)11-5-1-2-6-12(11)22-15(24)13-9-21-14(10-20-13)23-7-3-4-8-23/h1-2,5-6,9-10H,3-4,7-8H2,(H,22,24). The van der Waals surface area contributed by atoms with Gasteiger partial charge in [0.15, 0.2) is 0 Å².